The van der Waals surface area contributed by atoms with E-state index in [2.05, 4.69) is 59.9 Å². The van der Waals surface area contributed by atoms with E-state index in [0.29, 0.717) is 22.9 Å². The van der Waals surface area contributed by atoms with Crippen molar-refractivity contribution in [1.82, 2.24) is 19.9 Å². The van der Waals surface area contributed by atoms with Gasteiger partial charge in [0.25, 0.3) is 6.08 Å². The highest BCUT2D eigenvalue weighted by atomic mass is 19.1. The van der Waals surface area contributed by atoms with Crippen molar-refractivity contribution >= 4 is 17.0 Å². The van der Waals surface area contributed by atoms with E-state index in [1.807, 2.05) is 0 Å². The summed E-state index contributed by atoms with van der Waals surface area (Å²) in [6, 6.07) is 0.206. The monoisotopic (exact) mass is 265 g/mol. The van der Waals surface area contributed by atoms with Gasteiger partial charge in [0.1, 0.15) is 11.8 Å². The molecular formula is C13H20FN5. The highest BCUT2D eigenvalue weighted by Crippen LogP contribution is 2.29. The lowest BCUT2D eigenvalue weighted by Gasteiger charge is -2.35. The SMILES string of the molecule is CC(C)[C@@H](Nc1ncnc2nc(F)[nH]c12)C(C)(C)C. The normalized spacial score (nSPS) is 14.1. The Morgan fingerprint density at radius 1 is 1.26 bits per heavy atom. The third-order valence-electron chi connectivity index (χ3n) is 3.15. The molecule has 0 amide bonds. The molecule has 0 saturated heterocycles. The van der Waals surface area contributed by atoms with E-state index in [-0.39, 0.29) is 11.5 Å². The lowest BCUT2D eigenvalue weighted by Crippen LogP contribution is -2.38. The number of nitrogens with zero attached hydrogens (tertiary/aromatic N) is 3. The number of aromatic amines is 1. The zero-order valence-electron chi connectivity index (χ0n) is 12.0. The van der Waals surface area contributed by atoms with Gasteiger partial charge in [-0.15, -0.1) is 0 Å². The van der Waals surface area contributed by atoms with Gasteiger partial charge in [0.05, 0.1) is 0 Å². The average molecular weight is 265 g/mol. The maximum absolute atomic E-state index is 13.2. The van der Waals surface area contributed by atoms with Crippen LogP contribution in [0.25, 0.3) is 11.2 Å². The summed E-state index contributed by atoms with van der Waals surface area (Å²) in [5.41, 5.74) is 0.908. The molecule has 0 fully saturated rings. The van der Waals surface area contributed by atoms with E-state index in [0.717, 1.165) is 0 Å². The number of hydrogen-bond donors (Lipinski definition) is 2. The summed E-state index contributed by atoms with van der Waals surface area (Å²) in [7, 11) is 0. The van der Waals surface area contributed by atoms with Crippen molar-refractivity contribution in [2.45, 2.75) is 40.7 Å². The van der Waals surface area contributed by atoms with E-state index in [4.69, 9.17) is 0 Å². The zero-order valence-corrected chi connectivity index (χ0v) is 12.0. The summed E-state index contributed by atoms with van der Waals surface area (Å²) < 4.78 is 13.2. The first kappa shape index (κ1) is 13.7. The number of anilines is 1. The Morgan fingerprint density at radius 2 is 1.95 bits per heavy atom. The fourth-order valence-corrected chi connectivity index (χ4v) is 2.44. The number of nitrogens with one attached hydrogen (secondary N) is 2. The second kappa shape index (κ2) is 4.75. The summed E-state index contributed by atoms with van der Waals surface area (Å²) in [6.07, 6.45) is 0.751. The number of halogens is 1. The summed E-state index contributed by atoms with van der Waals surface area (Å²) in [6.45, 7) is 10.8. The van der Waals surface area contributed by atoms with Gasteiger partial charge in [0, 0.05) is 6.04 Å². The quantitative estimate of drug-likeness (QED) is 0.837. The number of imidazole rings is 1. The summed E-state index contributed by atoms with van der Waals surface area (Å²) in [5.74, 6) is 1.01. The molecule has 6 heteroatoms. The van der Waals surface area contributed by atoms with Crippen molar-refractivity contribution in [3.8, 4) is 0 Å². The molecule has 19 heavy (non-hydrogen) atoms. The molecule has 2 heterocycles. The zero-order chi connectivity index (χ0) is 14.2. The van der Waals surface area contributed by atoms with Crippen LogP contribution in [0.3, 0.4) is 0 Å². The molecule has 0 saturated carbocycles. The number of aromatic nitrogens is 4. The minimum Gasteiger partial charge on any atom is -0.365 e. The first-order valence-corrected chi connectivity index (χ1v) is 6.42. The largest absolute Gasteiger partial charge is 0.365 e. The van der Waals surface area contributed by atoms with Crippen LogP contribution in [0.5, 0.6) is 0 Å². The predicted molar refractivity (Wildman–Crippen MR) is 73.3 cm³/mol. The van der Waals surface area contributed by atoms with Gasteiger partial charge in [-0.25, -0.2) is 9.97 Å². The van der Waals surface area contributed by atoms with Gasteiger partial charge in [0.15, 0.2) is 11.5 Å². The Balaban J connectivity index is 2.39. The standard InChI is InChI=1S/C13H20FN5/c1-7(2)9(13(3,4)5)18-10-8-11(16-6-15-10)19-12(14)17-8/h6-7,9H,1-5H3,(H2,15,16,17,18,19)/t9-/m1/s1. The predicted octanol–water partition coefficient (Wildman–Crippen LogP) is 2.97. The molecular weight excluding hydrogens is 245 g/mol. The second-order valence-corrected chi connectivity index (χ2v) is 6.18. The lowest BCUT2D eigenvalue weighted by atomic mass is 9.80. The Kier molecular flexibility index (Phi) is 3.43. The number of hydrogen-bond acceptors (Lipinski definition) is 4. The molecule has 0 spiro atoms. The van der Waals surface area contributed by atoms with Crippen LogP contribution >= 0.6 is 0 Å². The number of H-pyrrole nitrogens is 1. The van der Waals surface area contributed by atoms with Crippen LogP contribution in [-0.4, -0.2) is 26.0 Å². The van der Waals surface area contributed by atoms with Gasteiger partial charge >= 0.3 is 0 Å². The van der Waals surface area contributed by atoms with Crippen LogP contribution in [0.4, 0.5) is 10.2 Å². The van der Waals surface area contributed by atoms with Gasteiger partial charge in [-0.05, 0) is 11.3 Å². The topological polar surface area (TPSA) is 66.5 Å². The van der Waals surface area contributed by atoms with Crippen LogP contribution in [0.1, 0.15) is 34.6 Å². The molecule has 2 rings (SSSR count). The summed E-state index contributed by atoms with van der Waals surface area (Å²) in [5, 5.41) is 3.39. The third kappa shape index (κ3) is 2.83. The van der Waals surface area contributed by atoms with E-state index < -0.39 is 6.08 Å². The minimum absolute atomic E-state index is 0.0595. The van der Waals surface area contributed by atoms with Gasteiger partial charge in [0.2, 0.25) is 0 Å². The van der Waals surface area contributed by atoms with E-state index >= 15 is 0 Å². The molecule has 5 nitrogen and oxygen atoms in total. The van der Waals surface area contributed by atoms with E-state index in [9.17, 15) is 4.39 Å². The van der Waals surface area contributed by atoms with Crippen molar-refractivity contribution in [2.75, 3.05) is 5.32 Å². The molecule has 2 aromatic heterocycles. The molecule has 0 aliphatic rings. The molecule has 0 aliphatic carbocycles. The fourth-order valence-electron chi connectivity index (χ4n) is 2.44. The van der Waals surface area contributed by atoms with Crippen molar-refractivity contribution in [3.63, 3.8) is 0 Å². The maximum Gasteiger partial charge on any atom is 0.289 e. The molecule has 0 radical (unpaired) electrons. The maximum atomic E-state index is 13.2. The smallest absolute Gasteiger partial charge is 0.289 e. The molecule has 0 bridgehead atoms. The average Bonchev–Trinajstić information content (AvgIpc) is 2.64. The molecule has 104 valence electrons. The van der Waals surface area contributed by atoms with Crippen LogP contribution in [0, 0.1) is 17.4 Å². The Labute approximate surface area is 112 Å². The molecule has 2 aromatic rings. The Morgan fingerprint density at radius 3 is 2.53 bits per heavy atom. The second-order valence-electron chi connectivity index (χ2n) is 6.18. The molecule has 0 aliphatic heterocycles. The van der Waals surface area contributed by atoms with Gasteiger partial charge in [-0.3, -0.25) is 0 Å². The van der Waals surface area contributed by atoms with Gasteiger partial charge in [-0.1, -0.05) is 34.6 Å². The molecule has 2 N–H and O–H groups in total. The molecule has 1 atom stereocenters. The van der Waals surface area contributed by atoms with E-state index in [1.165, 1.54) is 6.33 Å². The third-order valence-corrected chi connectivity index (χ3v) is 3.15. The number of rotatable bonds is 3. The van der Waals surface area contributed by atoms with Crippen molar-refractivity contribution < 1.29 is 4.39 Å². The van der Waals surface area contributed by atoms with Crippen LogP contribution in [-0.2, 0) is 0 Å². The Hall–Kier alpha value is -1.72. The van der Waals surface area contributed by atoms with E-state index in [1.54, 1.807) is 0 Å². The van der Waals surface area contributed by atoms with Gasteiger partial charge in [-0.2, -0.15) is 9.37 Å². The highest BCUT2D eigenvalue weighted by molar-refractivity contribution is 5.82. The Bertz CT molecular complexity index is 570. The van der Waals surface area contributed by atoms with Crippen molar-refractivity contribution in [2.24, 2.45) is 11.3 Å². The molecule has 0 aromatic carbocycles. The van der Waals surface area contributed by atoms with Crippen molar-refractivity contribution in [1.29, 1.82) is 0 Å². The first-order chi connectivity index (χ1) is 8.79. The number of fused-ring (bicyclic) bond motifs is 1. The first-order valence-electron chi connectivity index (χ1n) is 6.42. The van der Waals surface area contributed by atoms with Gasteiger partial charge < -0.3 is 10.3 Å². The minimum atomic E-state index is -0.643. The van der Waals surface area contributed by atoms with Crippen LogP contribution in [0.15, 0.2) is 6.33 Å². The van der Waals surface area contributed by atoms with Crippen LogP contribution < -0.4 is 5.32 Å². The molecule has 0 unspecified atom stereocenters. The fraction of sp³-hybridized carbons (Fsp3) is 0.615. The highest BCUT2D eigenvalue weighted by Gasteiger charge is 2.28. The lowest BCUT2D eigenvalue weighted by molar-refractivity contribution is 0.280. The summed E-state index contributed by atoms with van der Waals surface area (Å²) >= 11 is 0. The van der Waals surface area contributed by atoms with Crippen molar-refractivity contribution in [3.05, 3.63) is 12.4 Å². The summed E-state index contributed by atoms with van der Waals surface area (Å²) in [4.78, 5) is 14.4. The van der Waals surface area contributed by atoms with Crippen LogP contribution in [0.2, 0.25) is 0 Å².